The van der Waals surface area contributed by atoms with Crippen molar-refractivity contribution in [2.75, 3.05) is 25.5 Å². The summed E-state index contributed by atoms with van der Waals surface area (Å²) >= 11 is 0. The van der Waals surface area contributed by atoms with Gasteiger partial charge in [-0.1, -0.05) is 18.2 Å². The molecule has 22 heavy (non-hydrogen) atoms. The van der Waals surface area contributed by atoms with Gasteiger partial charge in [0.05, 0.1) is 0 Å². The first-order chi connectivity index (χ1) is 10.6. The van der Waals surface area contributed by atoms with Gasteiger partial charge in [0.1, 0.15) is 0 Å². The molecule has 0 bridgehead atoms. The van der Waals surface area contributed by atoms with Crippen molar-refractivity contribution in [1.82, 2.24) is 15.6 Å². The monoisotopic (exact) mass is 298 g/mol. The number of nitrogens with one attached hydrogen (secondary N) is 2. The average Bonchev–Trinajstić information content (AvgIpc) is 2.54. The third-order valence-electron chi connectivity index (χ3n) is 3.33. The van der Waals surface area contributed by atoms with E-state index in [1.54, 1.807) is 12.4 Å². The summed E-state index contributed by atoms with van der Waals surface area (Å²) < 4.78 is 0. The van der Waals surface area contributed by atoms with Crippen LogP contribution < -0.4 is 15.5 Å². The zero-order valence-electron chi connectivity index (χ0n) is 13.0. The second kappa shape index (κ2) is 8.02. The summed E-state index contributed by atoms with van der Waals surface area (Å²) in [7, 11) is 4.03. The van der Waals surface area contributed by atoms with E-state index in [0.717, 1.165) is 12.0 Å². The predicted octanol–water partition coefficient (Wildman–Crippen LogP) is 2.19. The Morgan fingerprint density at radius 2 is 1.86 bits per heavy atom. The Kier molecular flexibility index (Phi) is 5.77. The smallest absolute Gasteiger partial charge is 0.315 e. The van der Waals surface area contributed by atoms with Crippen molar-refractivity contribution in [3.63, 3.8) is 0 Å². The average molecular weight is 298 g/mol. The topological polar surface area (TPSA) is 57.3 Å². The van der Waals surface area contributed by atoms with Crippen LogP contribution in [-0.4, -0.2) is 31.7 Å². The third kappa shape index (κ3) is 5.09. The minimum Gasteiger partial charge on any atom is -0.378 e. The van der Waals surface area contributed by atoms with E-state index in [1.165, 1.54) is 11.3 Å². The minimum atomic E-state index is -0.159. The molecule has 0 aliphatic rings. The summed E-state index contributed by atoms with van der Waals surface area (Å²) in [5.74, 6) is 0. The van der Waals surface area contributed by atoms with Crippen molar-refractivity contribution >= 4 is 11.7 Å². The fourth-order valence-electron chi connectivity index (χ4n) is 2.03. The van der Waals surface area contributed by atoms with Gasteiger partial charge in [-0.25, -0.2) is 4.79 Å². The molecule has 0 spiro atoms. The van der Waals surface area contributed by atoms with Crippen LogP contribution in [0.2, 0.25) is 0 Å². The summed E-state index contributed by atoms with van der Waals surface area (Å²) in [6.45, 7) is 1.09. The SMILES string of the molecule is CN(C)c1ccc(CCNC(=O)NCc2cccnc2)cc1. The maximum absolute atomic E-state index is 11.7. The van der Waals surface area contributed by atoms with Crippen molar-refractivity contribution in [2.24, 2.45) is 0 Å². The lowest BCUT2D eigenvalue weighted by Gasteiger charge is -2.13. The minimum absolute atomic E-state index is 0.159. The van der Waals surface area contributed by atoms with Crippen LogP contribution in [0.5, 0.6) is 0 Å². The zero-order valence-corrected chi connectivity index (χ0v) is 13.0. The molecule has 1 aromatic heterocycles. The van der Waals surface area contributed by atoms with E-state index in [4.69, 9.17) is 0 Å². The molecule has 2 amide bonds. The van der Waals surface area contributed by atoms with Gasteiger partial charge in [0.2, 0.25) is 0 Å². The van der Waals surface area contributed by atoms with Gasteiger partial charge < -0.3 is 15.5 Å². The van der Waals surface area contributed by atoms with Crippen molar-refractivity contribution in [2.45, 2.75) is 13.0 Å². The first kappa shape index (κ1) is 15.8. The van der Waals surface area contributed by atoms with Crippen molar-refractivity contribution in [3.8, 4) is 0 Å². The zero-order chi connectivity index (χ0) is 15.8. The van der Waals surface area contributed by atoms with Crippen LogP contribution in [0.3, 0.4) is 0 Å². The van der Waals surface area contributed by atoms with E-state index in [1.807, 2.05) is 26.2 Å². The van der Waals surface area contributed by atoms with Crippen LogP contribution in [0, 0.1) is 0 Å². The van der Waals surface area contributed by atoms with Crippen LogP contribution >= 0.6 is 0 Å². The number of benzene rings is 1. The van der Waals surface area contributed by atoms with Gasteiger partial charge in [0, 0.05) is 45.3 Å². The Bertz CT molecular complexity index is 581. The number of urea groups is 1. The van der Waals surface area contributed by atoms with Gasteiger partial charge in [0.15, 0.2) is 0 Å². The molecule has 116 valence electrons. The largest absolute Gasteiger partial charge is 0.378 e. The van der Waals surface area contributed by atoms with E-state index in [-0.39, 0.29) is 6.03 Å². The van der Waals surface area contributed by atoms with Crippen molar-refractivity contribution < 1.29 is 4.79 Å². The van der Waals surface area contributed by atoms with Gasteiger partial charge in [-0.05, 0) is 35.7 Å². The normalized spacial score (nSPS) is 10.1. The highest BCUT2D eigenvalue weighted by Gasteiger charge is 2.01. The van der Waals surface area contributed by atoms with Crippen LogP contribution in [0.4, 0.5) is 10.5 Å². The molecule has 1 heterocycles. The molecule has 0 atom stereocenters. The van der Waals surface area contributed by atoms with Crippen molar-refractivity contribution in [1.29, 1.82) is 0 Å². The second-order valence-corrected chi connectivity index (χ2v) is 5.28. The molecule has 2 N–H and O–H groups in total. The standard InChI is InChI=1S/C17H22N4O/c1-21(2)16-7-5-14(6-8-16)9-11-19-17(22)20-13-15-4-3-10-18-12-15/h3-8,10,12H,9,11,13H2,1-2H3,(H2,19,20,22). The Hall–Kier alpha value is -2.56. The highest BCUT2D eigenvalue weighted by molar-refractivity contribution is 5.73. The fourth-order valence-corrected chi connectivity index (χ4v) is 2.03. The van der Waals surface area contributed by atoms with E-state index in [2.05, 4.69) is 44.8 Å². The molecule has 0 aliphatic carbocycles. The third-order valence-corrected chi connectivity index (χ3v) is 3.33. The Morgan fingerprint density at radius 1 is 1.09 bits per heavy atom. The summed E-state index contributed by atoms with van der Waals surface area (Å²) in [6, 6.07) is 12.0. The molecule has 0 unspecified atom stereocenters. The number of hydrogen-bond acceptors (Lipinski definition) is 3. The molecule has 5 heteroatoms. The molecule has 2 aromatic rings. The summed E-state index contributed by atoms with van der Waals surface area (Å²) in [6.07, 6.45) is 4.27. The van der Waals surface area contributed by atoms with Gasteiger partial charge in [0.25, 0.3) is 0 Å². The fraction of sp³-hybridized carbons (Fsp3) is 0.294. The second-order valence-electron chi connectivity index (χ2n) is 5.28. The molecule has 0 saturated carbocycles. The Labute approximate surface area is 131 Å². The van der Waals surface area contributed by atoms with Gasteiger partial charge in [-0.3, -0.25) is 4.98 Å². The van der Waals surface area contributed by atoms with Crippen molar-refractivity contribution in [3.05, 3.63) is 59.9 Å². The quantitative estimate of drug-likeness (QED) is 0.859. The summed E-state index contributed by atoms with van der Waals surface area (Å²) in [5.41, 5.74) is 3.36. The highest BCUT2D eigenvalue weighted by atomic mass is 16.2. The summed E-state index contributed by atoms with van der Waals surface area (Å²) in [4.78, 5) is 17.8. The molecule has 5 nitrogen and oxygen atoms in total. The lowest BCUT2D eigenvalue weighted by Crippen LogP contribution is -2.36. The van der Waals surface area contributed by atoms with E-state index >= 15 is 0 Å². The number of pyridine rings is 1. The predicted molar refractivity (Wildman–Crippen MR) is 88.9 cm³/mol. The molecule has 1 aromatic carbocycles. The Morgan fingerprint density at radius 3 is 2.50 bits per heavy atom. The molecule has 2 rings (SSSR count). The number of rotatable bonds is 6. The first-order valence-electron chi connectivity index (χ1n) is 7.32. The molecule has 0 saturated heterocycles. The molecular weight excluding hydrogens is 276 g/mol. The first-order valence-corrected chi connectivity index (χ1v) is 7.32. The van der Waals surface area contributed by atoms with Gasteiger partial charge in [-0.2, -0.15) is 0 Å². The number of nitrogens with zero attached hydrogens (tertiary/aromatic N) is 2. The summed E-state index contributed by atoms with van der Waals surface area (Å²) in [5, 5.41) is 5.67. The van der Waals surface area contributed by atoms with Crippen LogP contribution in [-0.2, 0) is 13.0 Å². The van der Waals surface area contributed by atoms with Gasteiger partial charge >= 0.3 is 6.03 Å². The lowest BCUT2D eigenvalue weighted by molar-refractivity contribution is 0.240. The maximum Gasteiger partial charge on any atom is 0.315 e. The number of anilines is 1. The van der Waals surface area contributed by atoms with Crippen LogP contribution in [0.15, 0.2) is 48.8 Å². The van der Waals surface area contributed by atoms with E-state index in [0.29, 0.717) is 13.1 Å². The van der Waals surface area contributed by atoms with Gasteiger partial charge in [-0.15, -0.1) is 0 Å². The number of aromatic nitrogens is 1. The number of hydrogen-bond donors (Lipinski definition) is 2. The number of carbonyl (C=O) groups is 1. The number of amides is 2. The van der Waals surface area contributed by atoms with E-state index in [9.17, 15) is 4.79 Å². The van der Waals surface area contributed by atoms with Crippen LogP contribution in [0.25, 0.3) is 0 Å². The lowest BCUT2D eigenvalue weighted by atomic mass is 10.1. The molecule has 0 radical (unpaired) electrons. The van der Waals surface area contributed by atoms with E-state index < -0.39 is 0 Å². The maximum atomic E-state index is 11.7. The molecular formula is C17H22N4O. The highest BCUT2D eigenvalue weighted by Crippen LogP contribution is 2.12. The Balaban J connectivity index is 1.68. The molecule has 0 aliphatic heterocycles. The van der Waals surface area contributed by atoms with Crippen LogP contribution in [0.1, 0.15) is 11.1 Å². The molecule has 0 fully saturated rings. The number of carbonyl (C=O) groups excluding carboxylic acids is 1.